The highest BCUT2D eigenvalue weighted by molar-refractivity contribution is 6.35. The largest absolute Gasteiger partial charge is 0.395 e. The van der Waals surface area contributed by atoms with Crippen LogP contribution in [0.1, 0.15) is 44.5 Å². The molecular formula is C25H32Cl3N7O. The van der Waals surface area contributed by atoms with Gasteiger partial charge in [0, 0.05) is 36.2 Å². The minimum absolute atomic E-state index is 0. The Kier molecular flexibility index (Phi) is 9.42. The molecule has 2 saturated heterocycles. The summed E-state index contributed by atoms with van der Waals surface area (Å²) in [6.45, 7) is 6.97. The number of aliphatic hydroxyl groups excluding tert-OH is 1. The van der Waals surface area contributed by atoms with E-state index in [1.807, 2.05) is 13.0 Å². The molecule has 2 aliphatic rings. The SMILES string of the molecule is C.C[C@H](c1ccc(Cl)cc1Cl)n1nc(C#N)c2ncc(N3CC([C@H]4CCCN(CCO)C4)C3)nc21.Cl. The van der Waals surface area contributed by atoms with Crippen molar-refractivity contribution in [1.82, 2.24) is 24.6 Å². The van der Waals surface area contributed by atoms with Crippen molar-refractivity contribution in [1.29, 1.82) is 5.26 Å². The highest BCUT2D eigenvalue weighted by Crippen LogP contribution is 2.35. The molecule has 2 fully saturated rings. The van der Waals surface area contributed by atoms with Gasteiger partial charge in [0.1, 0.15) is 17.4 Å². The van der Waals surface area contributed by atoms with Crippen LogP contribution in [0.3, 0.4) is 0 Å². The Labute approximate surface area is 228 Å². The van der Waals surface area contributed by atoms with Gasteiger partial charge < -0.3 is 14.9 Å². The average Bonchev–Trinajstić information content (AvgIpc) is 3.16. The number of halogens is 3. The Morgan fingerprint density at radius 1 is 1.22 bits per heavy atom. The zero-order valence-corrected chi connectivity index (χ0v) is 21.8. The predicted octanol–water partition coefficient (Wildman–Crippen LogP) is 4.81. The summed E-state index contributed by atoms with van der Waals surface area (Å²) in [4.78, 5) is 14.1. The molecule has 0 bridgehead atoms. The molecule has 0 aliphatic carbocycles. The van der Waals surface area contributed by atoms with E-state index in [1.54, 1.807) is 23.0 Å². The van der Waals surface area contributed by atoms with E-state index in [1.165, 1.54) is 12.8 Å². The predicted molar refractivity (Wildman–Crippen MR) is 146 cm³/mol. The van der Waals surface area contributed by atoms with Gasteiger partial charge in [0.25, 0.3) is 0 Å². The summed E-state index contributed by atoms with van der Waals surface area (Å²) in [5, 5.41) is 24.5. The second-order valence-electron chi connectivity index (χ2n) is 9.24. The lowest BCUT2D eigenvalue weighted by Gasteiger charge is -2.47. The van der Waals surface area contributed by atoms with Crippen LogP contribution in [-0.4, -0.2) is 69.1 Å². The summed E-state index contributed by atoms with van der Waals surface area (Å²) in [6.07, 6.45) is 4.17. The summed E-state index contributed by atoms with van der Waals surface area (Å²) >= 11 is 12.5. The fraction of sp³-hybridized carbons (Fsp3) is 0.520. The molecule has 5 rings (SSSR count). The van der Waals surface area contributed by atoms with Crippen LogP contribution in [0.25, 0.3) is 11.2 Å². The summed E-state index contributed by atoms with van der Waals surface area (Å²) in [5.74, 6) is 2.06. The van der Waals surface area contributed by atoms with E-state index < -0.39 is 0 Å². The number of aromatic nitrogens is 4. The van der Waals surface area contributed by atoms with Gasteiger partial charge in [0.15, 0.2) is 11.3 Å². The number of piperidine rings is 1. The molecule has 194 valence electrons. The van der Waals surface area contributed by atoms with E-state index in [4.69, 9.17) is 28.2 Å². The molecule has 4 heterocycles. The van der Waals surface area contributed by atoms with Crippen LogP contribution in [0.5, 0.6) is 0 Å². The first-order chi connectivity index (χ1) is 16.5. The monoisotopic (exact) mass is 551 g/mol. The lowest BCUT2D eigenvalue weighted by molar-refractivity contribution is 0.101. The van der Waals surface area contributed by atoms with Crippen molar-refractivity contribution in [3.05, 3.63) is 45.7 Å². The molecule has 0 unspecified atom stereocenters. The van der Waals surface area contributed by atoms with E-state index in [0.29, 0.717) is 33.0 Å². The molecule has 0 amide bonds. The van der Waals surface area contributed by atoms with Gasteiger partial charge in [-0.3, -0.25) is 0 Å². The lowest BCUT2D eigenvalue weighted by Crippen LogP contribution is -2.54. The quantitative estimate of drug-likeness (QED) is 0.469. The standard InChI is InChI=1S/C24H27Cl2N7O.CH4.ClH/c1-15(19-5-4-18(25)9-20(19)26)33-24-23(21(10-27)30-33)28-11-22(29-24)32-13-17(14-32)16-3-2-6-31(12-16)7-8-34;;/h4-5,9,11,15-17,34H,2-3,6-8,12-14H2,1H3;1H4;1H/t15-,16+;;/m1../s1. The molecule has 2 atom stereocenters. The maximum Gasteiger partial charge on any atom is 0.190 e. The second kappa shape index (κ2) is 11.9. The van der Waals surface area contributed by atoms with Crippen molar-refractivity contribution in [2.75, 3.05) is 44.2 Å². The number of fused-ring (bicyclic) bond motifs is 1. The number of benzene rings is 1. The second-order valence-corrected chi connectivity index (χ2v) is 10.1. The van der Waals surface area contributed by atoms with Gasteiger partial charge >= 0.3 is 0 Å². The van der Waals surface area contributed by atoms with Crippen molar-refractivity contribution in [3.63, 3.8) is 0 Å². The number of β-amino-alcohol motifs (C(OH)–C–C–N with tert-alkyl or cyclic N) is 1. The number of aliphatic hydroxyl groups is 1. The van der Waals surface area contributed by atoms with Gasteiger partial charge in [-0.15, -0.1) is 12.4 Å². The topological polar surface area (TPSA) is 94.1 Å². The van der Waals surface area contributed by atoms with Crippen LogP contribution in [-0.2, 0) is 0 Å². The third kappa shape index (κ3) is 5.41. The minimum atomic E-state index is -0.247. The van der Waals surface area contributed by atoms with Gasteiger partial charge in [-0.1, -0.05) is 36.7 Å². The maximum atomic E-state index is 9.60. The van der Waals surface area contributed by atoms with Crippen LogP contribution < -0.4 is 4.90 Å². The molecule has 3 aromatic rings. The molecule has 1 N–H and O–H groups in total. The van der Waals surface area contributed by atoms with Gasteiger partial charge in [-0.2, -0.15) is 10.4 Å². The fourth-order valence-electron chi connectivity index (χ4n) is 5.19. The molecule has 2 aromatic heterocycles. The number of hydrogen-bond donors (Lipinski definition) is 1. The molecule has 0 saturated carbocycles. The van der Waals surface area contributed by atoms with Crippen LogP contribution >= 0.6 is 35.6 Å². The van der Waals surface area contributed by atoms with Crippen molar-refractivity contribution in [2.45, 2.75) is 33.2 Å². The van der Waals surface area contributed by atoms with Crippen molar-refractivity contribution < 1.29 is 5.11 Å². The van der Waals surface area contributed by atoms with E-state index >= 15 is 0 Å². The first-order valence-corrected chi connectivity index (χ1v) is 12.4. The number of rotatable bonds is 6. The number of nitriles is 1. The molecule has 1 aromatic carbocycles. The minimum Gasteiger partial charge on any atom is -0.395 e. The summed E-state index contributed by atoms with van der Waals surface area (Å²) in [6, 6.07) is 7.26. The Morgan fingerprint density at radius 3 is 2.69 bits per heavy atom. The molecule has 11 heteroatoms. The maximum absolute atomic E-state index is 9.60. The molecular weight excluding hydrogens is 521 g/mol. The van der Waals surface area contributed by atoms with Gasteiger partial charge in [-0.05, 0) is 55.8 Å². The fourth-order valence-corrected chi connectivity index (χ4v) is 5.75. The summed E-state index contributed by atoms with van der Waals surface area (Å²) < 4.78 is 1.73. The molecule has 8 nitrogen and oxygen atoms in total. The van der Waals surface area contributed by atoms with E-state index in [-0.39, 0.29) is 38.2 Å². The highest BCUT2D eigenvalue weighted by atomic mass is 35.5. The summed E-state index contributed by atoms with van der Waals surface area (Å²) in [7, 11) is 0. The number of hydrogen-bond acceptors (Lipinski definition) is 7. The zero-order valence-electron chi connectivity index (χ0n) is 19.4. The van der Waals surface area contributed by atoms with Gasteiger partial charge in [0.2, 0.25) is 0 Å². The third-order valence-corrected chi connectivity index (χ3v) is 7.70. The van der Waals surface area contributed by atoms with Crippen LogP contribution in [0.4, 0.5) is 5.82 Å². The number of nitrogens with zero attached hydrogens (tertiary/aromatic N) is 7. The van der Waals surface area contributed by atoms with Crippen LogP contribution in [0.15, 0.2) is 24.4 Å². The molecule has 36 heavy (non-hydrogen) atoms. The number of anilines is 1. The van der Waals surface area contributed by atoms with E-state index in [9.17, 15) is 10.4 Å². The van der Waals surface area contributed by atoms with E-state index in [0.717, 1.165) is 44.1 Å². The highest BCUT2D eigenvalue weighted by Gasteiger charge is 2.36. The normalized spacial score (nSPS) is 19.2. The first kappa shape index (κ1) is 28.4. The first-order valence-electron chi connectivity index (χ1n) is 11.7. The average molecular weight is 553 g/mol. The van der Waals surface area contributed by atoms with Crippen molar-refractivity contribution in [3.8, 4) is 6.07 Å². The van der Waals surface area contributed by atoms with Crippen molar-refractivity contribution >= 4 is 52.6 Å². The molecule has 0 spiro atoms. The van der Waals surface area contributed by atoms with Crippen molar-refractivity contribution in [2.24, 2.45) is 11.8 Å². The van der Waals surface area contributed by atoms with Gasteiger partial charge in [-0.25, -0.2) is 14.6 Å². The van der Waals surface area contributed by atoms with Crippen LogP contribution in [0, 0.1) is 23.2 Å². The third-order valence-electron chi connectivity index (χ3n) is 7.13. The summed E-state index contributed by atoms with van der Waals surface area (Å²) in [5.41, 5.74) is 2.16. The molecule has 0 radical (unpaired) electrons. The van der Waals surface area contributed by atoms with Crippen LogP contribution in [0.2, 0.25) is 10.0 Å². The Hall–Kier alpha value is -2.15. The lowest BCUT2D eigenvalue weighted by atomic mass is 9.80. The zero-order chi connectivity index (χ0) is 23.8. The number of likely N-dealkylation sites (tertiary alicyclic amines) is 1. The molecule has 2 aliphatic heterocycles. The Balaban J connectivity index is 0.00000180. The van der Waals surface area contributed by atoms with Gasteiger partial charge in [0.05, 0.1) is 18.8 Å². The van der Waals surface area contributed by atoms with E-state index in [2.05, 4.69) is 26.0 Å². The Bertz CT molecular complexity index is 1240. The smallest absolute Gasteiger partial charge is 0.190 e. The Morgan fingerprint density at radius 2 is 2.00 bits per heavy atom.